The van der Waals surface area contributed by atoms with E-state index in [0.29, 0.717) is 38.8 Å². The number of piperidine rings is 1. The van der Waals surface area contributed by atoms with Crippen LogP contribution < -0.4 is 0 Å². The molecule has 1 aromatic heterocycles. The number of hydrogen-bond acceptors (Lipinski definition) is 5. The first-order valence-corrected chi connectivity index (χ1v) is 10.0. The number of rotatable bonds is 5. The second-order valence-corrected chi connectivity index (χ2v) is 8.36. The van der Waals surface area contributed by atoms with E-state index in [4.69, 9.17) is 4.74 Å². The number of hydrogen-bond donors (Lipinski definition) is 1. The number of fused-ring (bicyclic) bond motifs is 1. The van der Waals surface area contributed by atoms with E-state index in [-0.39, 0.29) is 18.0 Å². The van der Waals surface area contributed by atoms with Gasteiger partial charge >= 0.3 is 5.97 Å². The van der Waals surface area contributed by atoms with Crippen LogP contribution in [0.3, 0.4) is 0 Å². The van der Waals surface area contributed by atoms with Gasteiger partial charge < -0.3 is 19.5 Å². The summed E-state index contributed by atoms with van der Waals surface area (Å²) in [6, 6.07) is 7.88. The quantitative estimate of drug-likeness (QED) is 0.798. The van der Waals surface area contributed by atoms with Crippen molar-refractivity contribution in [1.29, 1.82) is 0 Å². The summed E-state index contributed by atoms with van der Waals surface area (Å²) in [4.78, 5) is 36.9. The van der Waals surface area contributed by atoms with Crippen molar-refractivity contribution in [3.8, 4) is 0 Å². The number of carbonyl (C=O) groups is 2. The maximum atomic E-state index is 12.6. The fraction of sp³-hybridized carbons (Fsp3) is 0.571. The molecule has 4 rings (SSSR count). The zero-order valence-electron chi connectivity index (χ0n) is 16.6. The van der Waals surface area contributed by atoms with E-state index in [1.54, 1.807) is 0 Å². The molecule has 150 valence electrons. The smallest absolute Gasteiger partial charge is 0.312 e. The lowest BCUT2D eigenvalue weighted by Crippen LogP contribution is -2.45. The Morgan fingerprint density at radius 1 is 1.32 bits per heavy atom. The van der Waals surface area contributed by atoms with Crippen molar-refractivity contribution in [2.45, 2.75) is 38.2 Å². The molecule has 0 bridgehead atoms. The van der Waals surface area contributed by atoms with Gasteiger partial charge in [-0.1, -0.05) is 12.1 Å². The van der Waals surface area contributed by atoms with Crippen LogP contribution in [-0.4, -0.2) is 71.5 Å². The van der Waals surface area contributed by atoms with Gasteiger partial charge in [0.1, 0.15) is 11.9 Å². The summed E-state index contributed by atoms with van der Waals surface area (Å²) in [6.07, 6.45) is 3.17. The van der Waals surface area contributed by atoms with Crippen LogP contribution in [0.4, 0.5) is 0 Å². The molecule has 1 amide bonds. The Morgan fingerprint density at radius 2 is 2.07 bits per heavy atom. The van der Waals surface area contributed by atoms with Gasteiger partial charge in [-0.3, -0.25) is 9.59 Å². The number of aromatic amines is 1. The summed E-state index contributed by atoms with van der Waals surface area (Å²) < 4.78 is 5.60. The van der Waals surface area contributed by atoms with E-state index in [0.717, 1.165) is 29.8 Å². The Balaban J connectivity index is 1.30. The van der Waals surface area contributed by atoms with Gasteiger partial charge in [-0.05, 0) is 39.1 Å². The first kappa shape index (κ1) is 18.9. The number of imidazole rings is 1. The summed E-state index contributed by atoms with van der Waals surface area (Å²) in [5.74, 6) is 0.897. The molecule has 1 aromatic carbocycles. The third kappa shape index (κ3) is 3.76. The van der Waals surface area contributed by atoms with E-state index < -0.39 is 5.41 Å². The van der Waals surface area contributed by atoms with Gasteiger partial charge in [0.2, 0.25) is 5.91 Å². The second kappa shape index (κ2) is 7.54. The molecule has 2 aromatic rings. The van der Waals surface area contributed by atoms with Crippen molar-refractivity contribution in [3.63, 3.8) is 0 Å². The fourth-order valence-electron chi connectivity index (χ4n) is 4.45. The summed E-state index contributed by atoms with van der Waals surface area (Å²) >= 11 is 0. The van der Waals surface area contributed by atoms with Crippen LogP contribution in [0.2, 0.25) is 0 Å². The van der Waals surface area contributed by atoms with Crippen LogP contribution in [0.15, 0.2) is 24.3 Å². The minimum atomic E-state index is -0.393. The molecule has 2 saturated heterocycles. The molecule has 1 atom stereocenters. The average molecular weight is 384 g/mol. The molecule has 7 heteroatoms. The number of nitrogens with one attached hydrogen (secondary N) is 1. The predicted molar refractivity (Wildman–Crippen MR) is 106 cm³/mol. The Bertz CT molecular complexity index is 834. The number of amides is 1. The number of ether oxygens (including phenoxy) is 1. The summed E-state index contributed by atoms with van der Waals surface area (Å²) in [7, 11) is 3.98. The van der Waals surface area contributed by atoms with Crippen molar-refractivity contribution in [2.75, 3.05) is 33.7 Å². The lowest BCUT2D eigenvalue weighted by molar-refractivity contribution is -0.152. The van der Waals surface area contributed by atoms with Crippen molar-refractivity contribution >= 4 is 22.9 Å². The zero-order valence-corrected chi connectivity index (χ0v) is 16.6. The number of para-hydroxylation sites is 2. The molecular formula is C21H28N4O3. The van der Waals surface area contributed by atoms with Gasteiger partial charge in [0.25, 0.3) is 0 Å². The third-order valence-corrected chi connectivity index (χ3v) is 5.98. The molecule has 3 heterocycles. The Hall–Kier alpha value is -2.41. The molecule has 28 heavy (non-hydrogen) atoms. The van der Waals surface area contributed by atoms with Crippen LogP contribution in [0.1, 0.15) is 31.5 Å². The lowest BCUT2D eigenvalue weighted by atomic mass is 9.76. The standard InChI is InChI=1S/C21H28N4O3/c1-24(2)14-15-13-21(20(27)28-15)9-11-25(12-10-21)19(26)8-7-18-22-16-5-3-4-6-17(16)23-18/h3-6,15H,7-14H2,1-2H3,(H,22,23). The molecule has 0 radical (unpaired) electrons. The first-order valence-electron chi connectivity index (χ1n) is 10.0. The fourth-order valence-corrected chi connectivity index (χ4v) is 4.45. The molecule has 1 unspecified atom stereocenters. The third-order valence-electron chi connectivity index (χ3n) is 5.98. The highest BCUT2D eigenvalue weighted by atomic mass is 16.6. The van der Waals surface area contributed by atoms with Gasteiger partial charge in [0, 0.05) is 38.9 Å². The minimum absolute atomic E-state index is 0.0298. The highest BCUT2D eigenvalue weighted by molar-refractivity contribution is 5.81. The number of carbonyl (C=O) groups excluding carboxylic acids is 2. The molecule has 2 fully saturated rings. The van der Waals surface area contributed by atoms with Crippen LogP contribution in [0.5, 0.6) is 0 Å². The molecule has 1 spiro atoms. The number of aromatic nitrogens is 2. The first-order chi connectivity index (χ1) is 13.4. The highest BCUT2D eigenvalue weighted by Gasteiger charge is 2.50. The second-order valence-electron chi connectivity index (χ2n) is 8.36. The van der Waals surface area contributed by atoms with Crippen molar-refractivity contribution < 1.29 is 14.3 Å². The average Bonchev–Trinajstić information content (AvgIpc) is 3.20. The number of aryl methyl sites for hydroxylation is 1. The Morgan fingerprint density at radius 3 is 2.79 bits per heavy atom. The predicted octanol–water partition coefficient (Wildman–Crippen LogP) is 1.98. The number of esters is 1. The molecule has 1 N–H and O–H groups in total. The maximum absolute atomic E-state index is 12.6. The topological polar surface area (TPSA) is 78.5 Å². The van der Waals surface area contributed by atoms with E-state index in [1.165, 1.54) is 0 Å². The molecule has 0 saturated carbocycles. The lowest BCUT2D eigenvalue weighted by Gasteiger charge is -2.36. The minimum Gasteiger partial charge on any atom is -0.461 e. The van der Waals surface area contributed by atoms with Gasteiger partial charge in [-0.2, -0.15) is 0 Å². The number of H-pyrrole nitrogens is 1. The number of nitrogens with zero attached hydrogens (tertiary/aromatic N) is 3. The van der Waals surface area contributed by atoms with Crippen LogP contribution in [0.25, 0.3) is 11.0 Å². The van der Waals surface area contributed by atoms with Gasteiger partial charge in [-0.15, -0.1) is 0 Å². The molecule has 7 nitrogen and oxygen atoms in total. The molecule has 2 aliphatic heterocycles. The van der Waals surface area contributed by atoms with Crippen molar-refractivity contribution in [2.24, 2.45) is 5.41 Å². The maximum Gasteiger partial charge on any atom is 0.312 e. The number of cyclic esters (lactones) is 1. The van der Waals surface area contributed by atoms with Gasteiger partial charge in [0.05, 0.1) is 16.4 Å². The van der Waals surface area contributed by atoms with Crippen LogP contribution >= 0.6 is 0 Å². The summed E-state index contributed by atoms with van der Waals surface area (Å²) in [5, 5.41) is 0. The Kier molecular flexibility index (Phi) is 5.10. The van der Waals surface area contributed by atoms with Crippen LogP contribution in [0, 0.1) is 5.41 Å². The monoisotopic (exact) mass is 384 g/mol. The zero-order chi connectivity index (χ0) is 19.7. The van der Waals surface area contributed by atoms with E-state index in [9.17, 15) is 9.59 Å². The molecule has 2 aliphatic rings. The largest absolute Gasteiger partial charge is 0.461 e. The Labute approximate surface area is 165 Å². The van der Waals surface area contributed by atoms with Gasteiger partial charge in [-0.25, -0.2) is 4.98 Å². The van der Waals surface area contributed by atoms with Gasteiger partial charge in [0.15, 0.2) is 0 Å². The number of likely N-dealkylation sites (N-methyl/N-ethyl adjacent to an activating group) is 1. The summed E-state index contributed by atoms with van der Waals surface area (Å²) in [5.41, 5.74) is 1.53. The van der Waals surface area contributed by atoms with Crippen molar-refractivity contribution in [1.82, 2.24) is 19.8 Å². The SMILES string of the molecule is CN(C)CC1CC2(CCN(C(=O)CCc3nc4ccccc4[nH]3)CC2)C(=O)O1. The molecular weight excluding hydrogens is 356 g/mol. The van der Waals surface area contributed by atoms with Crippen molar-refractivity contribution in [3.05, 3.63) is 30.1 Å². The van der Waals surface area contributed by atoms with E-state index >= 15 is 0 Å². The number of benzene rings is 1. The number of likely N-dealkylation sites (tertiary alicyclic amines) is 1. The van der Waals surface area contributed by atoms with E-state index in [2.05, 4.69) is 9.97 Å². The van der Waals surface area contributed by atoms with E-state index in [1.807, 2.05) is 48.2 Å². The van der Waals surface area contributed by atoms with Crippen LogP contribution in [-0.2, 0) is 20.7 Å². The highest BCUT2D eigenvalue weighted by Crippen LogP contribution is 2.43. The normalized spacial score (nSPS) is 21.6. The molecule has 0 aliphatic carbocycles. The summed E-state index contributed by atoms with van der Waals surface area (Å²) in [6.45, 7) is 2.01.